The molecule has 1 aliphatic heterocycles. The van der Waals surface area contributed by atoms with Crippen LogP contribution in [0.1, 0.15) is 65.7 Å². The van der Waals surface area contributed by atoms with Gasteiger partial charge in [0.05, 0.1) is 0 Å². The Balaban J connectivity index is 1.92. The third kappa shape index (κ3) is 4.19. The van der Waals surface area contributed by atoms with Gasteiger partial charge in [-0.25, -0.2) is 0 Å². The first-order chi connectivity index (χ1) is 9.22. The Kier molecular flexibility index (Phi) is 6.15. The van der Waals surface area contributed by atoms with Crippen LogP contribution in [0, 0.1) is 11.8 Å². The summed E-state index contributed by atoms with van der Waals surface area (Å²) < 4.78 is 0. The van der Waals surface area contributed by atoms with Gasteiger partial charge in [0.15, 0.2) is 0 Å². The monoisotopic (exact) mass is 266 g/mol. The van der Waals surface area contributed by atoms with Crippen molar-refractivity contribution < 1.29 is 0 Å². The summed E-state index contributed by atoms with van der Waals surface area (Å²) in [6.45, 7) is 10.9. The lowest BCUT2D eigenvalue weighted by atomic mass is 9.88. The van der Waals surface area contributed by atoms with E-state index in [1.807, 2.05) is 0 Å². The molecule has 19 heavy (non-hydrogen) atoms. The molecule has 0 amide bonds. The van der Waals surface area contributed by atoms with Crippen molar-refractivity contribution in [3.63, 3.8) is 0 Å². The topological polar surface area (TPSA) is 15.3 Å². The van der Waals surface area contributed by atoms with Crippen LogP contribution in [-0.2, 0) is 0 Å². The van der Waals surface area contributed by atoms with E-state index < -0.39 is 0 Å². The van der Waals surface area contributed by atoms with E-state index in [0.717, 1.165) is 30.5 Å². The highest BCUT2D eigenvalue weighted by Crippen LogP contribution is 2.29. The van der Waals surface area contributed by atoms with Crippen LogP contribution in [0.15, 0.2) is 0 Å². The first-order valence-corrected chi connectivity index (χ1v) is 8.69. The average molecular weight is 266 g/mol. The predicted octanol–water partition coefficient (Wildman–Crippen LogP) is 3.67. The fourth-order valence-corrected chi connectivity index (χ4v) is 4.19. The van der Waals surface area contributed by atoms with Crippen molar-refractivity contribution in [3.8, 4) is 0 Å². The number of nitrogens with zero attached hydrogens (tertiary/aromatic N) is 1. The number of hydrogen-bond donors (Lipinski definition) is 1. The van der Waals surface area contributed by atoms with Crippen molar-refractivity contribution >= 4 is 0 Å². The van der Waals surface area contributed by atoms with Gasteiger partial charge in [-0.15, -0.1) is 0 Å². The van der Waals surface area contributed by atoms with E-state index in [1.54, 1.807) is 0 Å². The van der Waals surface area contributed by atoms with E-state index in [4.69, 9.17) is 0 Å². The third-order valence-corrected chi connectivity index (χ3v) is 5.41. The zero-order valence-electron chi connectivity index (χ0n) is 13.3. The van der Waals surface area contributed by atoms with Crippen molar-refractivity contribution in [2.24, 2.45) is 11.8 Å². The zero-order valence-corrected chi connectivity index (χ0v) is 13.3. The van der Waals surface area contributed by atoms with Gasteiger partial charge in [-0.05, 0) is 63.6 Å². The molecule has 2 nitrogen and oxygen atoms in total. The molecule has 3 atom stereocenters. The largest absolute Gasteiger partial charge is 0.313 e. The van der Waals surface area contributed by atoms with E-state index in [9.17, 15) is 0 Å². The van der Waals surface area contributed by atoms with Crippen LogP contribution in [0.5, 0.6) is 0 Å². The second-order valence-electron chi connectivity index (χ2n) is 6.99. The highest BCUT2D eigenvalue weighted by Gasteiger charge is 2.31. The van der Waals surface area contributed by atoms with Gasteiger partial charge in [0.2, 0.25) is 0 Å². The molecule has 2 fully saturated rings. The van der Waals surface area contributed by atoms with Gasteiger partial charge in [0.1, 0.15) is 0 Å². The molecule has 0 spiro atoms. The van der Waals surface area contributed by atoms with E-state index in [2.05, 4.69) is 31.0 Å². The minimum absolute atomic E-state index is 0.759. The Bertz CT molecular complexity index is 250. The number of nitrogens with one attached hydrogen (secondary N) is 1. The van der Waals surface area contributed by atoms with Gasteiger partial charge in [0.25, 0.3) is 0 Å². The fourth-order valence-electron chi connectivity index (χ4n) is 4.19. The molecule has 0 bridgehead atoms. The normalized spacial score (nSPS) is 34.4. The maximum absolute atomic E-state index is 3.74. The number of hydrogen-bond acceptors (Lipinski definition) is 2. The van der Waals surface area contributed by atoms with Gasteiger partial charge in [-0.3, -0.25) is 4.90 Å². The SMILES string of the molecule is CCNC1CCCCC1N1CCCC(C(C)C)CC1. The lowest BCUT2D eigenvalue weighted by Crippen LogP contribution is -2.52. The minimum Gasteiger partial charge on any atom is -0.313 e. The quantitative estimate of drug-likeness (QED) is 0.835. The fraction of sp³-hybridized carbons (Fsp3) is 1.00. The van der Waals surface area contributed by atoms with Crippen LogP contribution in [0.3, 0.4) is 0 Å². The first-order valence-electron chi connectivity index (χ1n) is 8.69. The predicted molar refractivity (Wildman–Crippen MR) is 83.5 cm³/mol. The molecule has 3 unspecified atom stereocenters. The first kappa shape index (κ1) is 15.3. The Morgan fingerprint density at radius 1 is 1.00 bits per heavy atom. The standard InChI is InChI=1S/C17H34N2/c1-4-18-16-9-5-6-10-17(16)19-12-7-8-15(11-13-19)14(2)3/h14-18H,4-13H2,1-3H3. The summed E-state index contributed by atoms with van der Waals surface area (Å²) in [6, 6.07) is 1.58. The van der Waals surface area contributed by atoms with Crippen LogP contribution in [-0.4, -0.2) is 36.6 Å². The summed E-state index contributed by atoms with van der Waals surface area (Å²) in [5.41, 5.74) is 0. The molecule has 2 rings (SSSR count). The smallest absolute Gasteiger partial charge is 0.0249 e. The lowest BCUT2D eigenvalue weighted by Gasteiger charge is -2.40. The molecular weight excluding hydrogens is 232 g/mol. The van der Waals surface area contributed by atoms with Gasteiger partial charge >= 0.3 is 0 Å². The van der Waals surface area contributed by atoms with E-state index in [1.165, 1.54) is 58.0 Å². The lowest BCUT2D eigenvalue weighted by molar-refractivity contribution is 0.124. The van der Waals surface area contributed by atoms with E-state index >= 15 is 0 Å². The summed E-state index contributed by atoms with van der Waals surface area (Å²) >= 11 is 0. The van der Waals surface area contributed by atoms with Gasteiger partial charge in [0, 0.05) is 12.1 Å². The molecule has 0 aromatic heterocycles. The van der Waals surface area contributed by atoms with E-state index in [0.29, 0.717) is 0 Å². The number of likely N-dealkylation sites (N-methyl/N-ethyl adjacent to an activating group) is 1. The molecule has 0 aromatic carbocycles. The van der Waals surface area contributed by atoms with Crippen molar-refractivity contribution in [1.29, 1.82) is 0 Å². The highest BCUT2D eigenvalue weighted by molar-refractivity contribution is 4.89. The van der Waals surface area contributed by atoms with Crippen molar-refractivity contribution in [3.05, 3.63) is 0 Å². The maximum atomic E-state index is 3.74. The van der Waals surface area contributed by atoms with Crippen LogP contribution in [0.25, 0.3) is 0 Å². The van der Waals surface area contributed by atoms with Crippen LogP contribution < -0.4 is 5.32 Å². The van der Waals surface area contributed by atoms with Crippen molar-refractivity contribution in [2.45, 2.75) is 77.8 Å². The Hall–Kier alpha value is -0.0800. The molecule has 2 aliphatic rings. The third-order valence-electron chi connectivity index (χ3n) is 5.41. The molecule has 112 valence electrons. The maximum Gasteiger partial charge on any atom is 0.0249 e. The summed E-state index contributed by atoms with van der Waals surface area (Å²) in [5.74, 6) is 1.84. The molecule has 0 aromatic rings. The van der Waals surface area contributed by atoms with Gasteiger partial charge < -0.3 is 5.32 Å². The van der Waals surface area contributed by atoms with Crippen LogP contribution in [0.4, 0.5) is 0 Å². The molecule has 0 radical (unpaired) electrons. The number of likely N-dealkylation sites (tertiary alicyclic amines) is 1. The summed E-state index contributed by atoms with van der Waals surface area (Å²) in [7, 11) is 0. The summed E-state index contributed by atoms with van der Waals surface area (Å²) in [5, 5.41) is 3.74. The molecule has 1 aliphatic carbocycles. The van der Waals surface area contributed by atoms with Crippen LogP contribution in [0.2, 0.25) is 0 Å². The van der Waals surface area contributed by atoms with Crippen LogP contribution >= 0.6 is 0 Å². The van der Waals surface area contributed by atoms with Crippen molar-refractivity contribution in [2.75, 3.05) is 19.6 Å². The molecular formula is C17H34N2. The Morgan fingerprint density at radius 3 is 2.53 bits per heavy atom. The minimum atomic E-state index is 0.759. The highest BCUT2D eigenvalue weighted by atomic mass is 15.2. The van der Waals surface area contributed by atoms with Gasteiger partial charge in [-0.2, -0.15) is 0 Å². The van der Waals surface area contributed by atoms with E-state index in [-0.39, 0.29) is 0 Å². The molecule has 2 heteroatoms. The molecule has 1 saturated heterocycles. The second kappa shape index (κ2) is 7.64. The average Bonchev–Trinajstić information content (AvgIpc) is 2.65. The second-order valence-corrected chi connectivity index (χ2v) is 6.99. The Labute approximate surface area is 120 Å². The summed E-state index contributed by atoms with van der Waals surface area (Å²) in [6.07, 6.45) is 9.97. The van der Waals surface area contributed by atoms with Crippen molar-refractivity contribution in [1.82, 2.24) is 10.2 Å². The zero-order chi connectivity index (χ0) is 13.7. The molecule has 1 N–H and O–H groups in total. The van der Waals surface area contributed by atoms with Gasteiger partial charge in [-0.1, -0.05) is 33.6 Å². The molecule has 1 heterocycles. The summed E-state index contributed by atoms with van der Waals surface area (Å²) in [4.78, 5) is 2.83. The Morgan fingerprint density at radius 2 is 1.79 bits per heavy atom. The molecule has 1 saturated carbocycles. The number of rotatable bonds is 4.